The van der Waals surface area contributed by atoms with Crippen molar-refractivity contribution in [2.45, 2.75) is 19.9 Å². The molecule has 0 radical (unpaired) electrons. The first-order valence-corrected chi connectivity index (χ1v) is 7.61. The lowest BCUT2D eigenvalue weighted by Crippen LogP contribution is -2.10. The molecule has 1 atom stereocenters. The van der Waals surface area contributed by atoms with E-state index in [1.807, 2.05) is 31.2 Å². The Balaban J connectivity index is 2.29. The SMILES string of the molecule is Cc1c(NC(C)c2ccc(Br)cc2Cl)cccc1C(=O)O. The predicted octanol–water partition coefficient (Wildman–Crippen LogP) is 5.28. The molecule has 0 fully saturated rings. The lowest BCUT2D eigenvalue weighted by molar-refractivity contribution is 0.0696. The van der Waals surface area contributed by atoms with Crippen LogP contribution >= 0.6 is 27.5 Å². The highest BCUT2D eigenvalue weighted by Crippen LogP contribution is 2.30. The van der Waals surface area contributed by atoms with Crippen LogP contribution in [-0.4, -0.2) is 11.1 Å². The molecule has 0 saturated heterocycles. The highest BCUT2D eigenvalue weighted by molar-refractivity contribution is 9.10. The first kappa shape index (κ1) is 15.9. The van der Waals surface area contributed by atoms with E-state index in [-0.39, 0.29) is 6.04 Å². The van der Waals surface area contributed by atoms with Gasteiger partial charge in [-0.2, -0.15) is 0 Å². The molecule has 0 bridgehead atoms. The fourth-order valence-corrected chi connectivity index (χ4v) is 3.02. The number of hydrogen-bond acceptors (Lipinski definition) is 2. The van der Waals surface area contributed by atoms with Gasteiger partial charge in [-0.25, -0.2) is 4.79 Å². The van der Waals surface area contributed by atoms with Gasteiger partial charge in [0, 0.05) is 15.2 Å². The number of benzene rings is 2. The number of anilines is 1. The van der Waals surface area contributed by atoms with Crippen LogP contribution in [0.25, 0.3) is 0 Å². The van der Waals surface area contributed by atoms with E-state index in [1.54, 1.807) is 19.1 Å². The van der Waals surface area contributed by atoms with Crippen LogP contribution in [0, 0.1) is 6.92 Å². The van der Waals surface area contributed by atoms with Gasteiger partial charge in [-0.3, -0.25) is 0 Å². The summed E-state index contributed by atoms with van der Waals surface area (Å²) in [7, 11) is 0. The van der Waals surface area contributed by atoms with Crippen LogP contribution in [0.15, 0.2) is 40.9 Å². The van der Waals surface area contributed by atoms with Gasteiger partial charge in [0.05, 0.1) is 11.6 Å². The van der Waals surface area contributed by atoms with Crippen molar-refractivity contribution < 1.29 is 9.90 Å². The summed E-state index contributed by atoms with van der Waals surface area (Å²) in [4.78, 5) is 11.2. The Morgan fingerprint density at radius 1 is 1.33 bits per heavy atom. The quantitative estimate of drug-likeness (QED) is 0.771. The van der Waals surface area contributed by atoms with E-state index in [0.717, 1.165) is 15.7 Å². The zero-order valence-electron chi connectivity index (χ0n) is 11.7. The van der Waals surface area contributed by atoms with E-state index in [1.165, 1.54) is 0 Å². The third-order valence-corrected chi connectivity index (χ3v) is 4.19. The monoisotopic (exact) mass is 367 g/mol. The Morgan fingerprint density at radius 3 is 2.67 bits per heavy atom. The molecule has 0 saturated carbocycles. The summed E-state index contributed by atoms with van der Waals surface area (Å²) >= 11 is 9.63. The molecule has 1 unspecified atom stereocenters. The van der Waals surface area contributed by atoms with Gasteiger partial charge in [0.1, 0.15) is 0 Å². The maximum absolute atomic E-state index is 11.2. The molecule has 3 nitrogen and oxygen atoms in total. The molecule has 2 aromatic rings. The van der Waals surface area contributed by atoms with Gasteiger partial charge < -0.3 is 10.4 Å². The van der Waals surface area contributed by atoms with E-state index in [2.05, 4.69) is 21.2 Å². The Kier molecular flexibility index (Phi) is 4.91. The molecule has 5 heteroatoms. The second-order valence-corrected chi connectivity index (χ2v) is 6.14. The number of carboxylic acids is 1. The number of nitrogens with one attached hydrogen (secondary N) is 1. The summed E-state index contributed by atoms with van der Waals surface area (Å²) < 4.78 is 0.924. The first-order chi connectivity index (χ1) is 9.90. The van der Waals surface area contributed by atoms with Crippen molar-refractivity contribution in [1.82, 2.24) is 0 Å². The van der Waals surface area contributed by atoms with E-state index in [4.69, 9.17) is 16.7 Å². The zero-order chi connectivity index (χ0) is 15.6. The molecule has 2 aromatic carbocycles. The number of halogens is 2. The van der Waals surface area contributed by atoms with Crippen LogP contribution in [0.3, 0.4) is 0 Å². The van der Waals surface area contributed by atoms with Crippen molar-refractivity contribution in [3.05, 3.63) is 62.6 Å². The second kappa shape index (κ2) is 6.50. The van der Waals surface area contributed by atoms with Crippen LogP contribution in [0.1, 0.15) is 34.5 Å². The second-order valence-electron chi connectivity index (χ2n) is 4.82. The smallest absolute Gasteiger partial charge is 0.336 e. The fourth-order valence-electron chi connectivity index (χ4n) is 2.19. The van der Waals surface area contributed by atoms with Crippen molar-refractivity contribution in [3.8, 4) is 0 Å². The van der Waals surface area contributed by atoms with Crippen LogP contribution < -0.4 is 5.32 Å². The molecule has 21 heavy (non-hydrogen) atoms. The molecule has 0 aliphatic heterocycles. The number of carbonyl (C=O) groups is 1. The van der Waals surface area contributed by atoms with E-state index in [0.29, 0.717) is 16.1 Å². The average molecular weight is 369 g/mol. The van der Waals surface area contributed by atoms with Gasteiger partial charge in [0.25, 0.3) is 0 Å². The Labute approximate surface area is 137 Å². The number of rotatable bonds is 4. The molecule has 2 rings (SSSR count). The summed E-state index contributed by atoms with van der Waals surface area (Å²) in [5, 5.41) is 13.1. The van der Waals surface area contributed by atoms with Gasteiger partial charge in [-0.15, -0.1) is 0 Å². The van der Waals surface area contributed by atoms with E-state index >= 15 is 0 Å². The van der Waals surface area contributed by atoms with Crippen LogP contribution in [0.4, 0.5) is 5.69 Å². The minimum Gasteiger partial charge on any atom is -0.478 e. The zero-order valence-corrected chi connectivity index (χ0v) is 14.0. The van der Waals surface area contributed by atoms with Crippen molar-refractivity contribution in [3.63, 3.8) is 0 Å². The summed E-state index contributed by atoms with van der Waals surface area (Å²) in [6.45, 7) is 3.78. The Morgan fingerprint density at radius 2 is 2.05 bits per heavy atom. The molecule has 0 heterocycles. The summed E-state index contributed by atoms with van der Waals surface area (Å²) in [6, 6.07) is 10.9. The Bertz CT molecular complexity index is 688. The van der Waals surface area contributed by atoms with E-state index in [9.17, 15) is 4.79 Å². The van der Waals surface area contributed by atoms with Crippen LogP contribution in [0.2, 0.25) is 5.02 Å². The third kappa shape index (κ3) is 3.57. The number of aromatic carboxylic acids is 1. The summed E-state index contributed by atoms with van der Waals surface area (Å²) in [5.41, 5.74) is 2.76. The van der Waals surface area contributed by atoms with Gasteiger partial charge in [0.15, 0.2) is 0 Å². The highest BCUT2D eigenvalue weighted by atomic mass is 79.9. The lowest BCUT2D eigenvalue weighted by Gasteiger charge is -2.19. The molecular weight excluding hydrogens is 354 g/mol. The molecule has 0 spiro atoms. The third-order valence-electron chi connectivity index (χ3n) is 3.37. The molecule has 0 aliphatic carbocycles. The first-order valence-electron chi connectivity index (χ1n) is 6.44. The van der Waals surface area contributed by atoms with E-state index < -0.39 is 5.97 Å². The summed E-state index contributed by atoms with van der Waals surface area (Å²) in [5.74, 6) is -0.925. The van der Waals surface area contributed by atoms with Crippen molar-refractivity contribution in [2.24, 2.45) is 0 Å². The minimum absolute atomic E-state index is 0.0339. The van der Waals surface area contributed by atoms with Crippen molar-refractivity contribution in [1.29, 1.82) is 0 Å². The van der Waals surface area contributed by atoms with Crippen LogP contribution in [-0.2, 0) is 0 Å². The molecular formula is C16H15BrClNO2. The van der Waals surface area contributed by atoms with Gasteiger partial charge >= 0.3 is 5.97 Å². The fraction of sp³-hybridized carbons (Fsp3) is 0.188. The molecule has 0 aliphatic rings. The van der Waals surface area contributed by atoms with Gasteiger partial charge in [-0.05, 0) is 49.2 Å². The van der Waals surface area contributed by atoms with Crippen molar-refractivity contribution in [2.75, 3.05) is 5.32 Å². The topological polar surface area (TPSA) is 49.3 Å². The number of carboxylic acid groups (broad SMARTS) is 1. The normalized spacial score (nSPS) is 12.0. The van der Waals surface area contributed by atoms with Gasteiger partial charge in [0.2, 0.25) is 0 Å². The standard InChI is InChI=1S/C16H15BrClNO2/c1-9-12(16(20)21)4-3-5-15(9)19-10(2)13-7-6-11(17)8-14(13)18/h3-8,10,19H,1-2H3,(H,20,21). The largest absolute Gasteiger partial charge is 0.478 e. The predicted molar refractivity (Wildman–Crippen MR) is 89.3 cm³/mol. The van der Waals surface area contributed by atoms with Crippen LogP contribution in [0.5, 0.6) is 0 Å². The van der Waals surface area contributed by atoms with Gasteiger partial charge in [-0.1, -0.05) is 39.7 Å². The molecule has 0 aromatic heterocycles. The minimum atomic E-state index is -0.925. The number of hydrogen-bond donors (Lipinski definition) is 2. The summed E-state index contributed by atoms with van der Waals surface area (Å²) in [6.07, 6.45) is 0. The maximum atomic E-state index is 11.2. The molecule has 0 amide bonds. The molecule has 2 N–H and O–H groups in total. The Hall–Kier alpha value is -1.52. The highest BCUT2D eigenvalue weighted by Gasteiger charge is 2.14. The lowest BCUT2D eigenvalue weighted by atomic mass is 10.0. The average Bonchev–Trinajstić information content (AvgIpc) is 2.40. The maximum Gasteiger partial charge on any atom is 0.336 e. The van der Waals surface area contributed by atoms with Crippen molar-refractivity contribution >= 4 is 39.2 Å². The molecule has 110 valence electrons.